The van der Waals surface area contributed by atoms with Gasteiger partial charge < -0.3 is 10.6 Å². The van der Waals surface area contributed by atoms with Crippen molar-refractivity contribution in [3.63, 3.8) is 0 Å². The Morgan fingerprint density at radius 2 is 1.75 bits per heavy atom. The van der Waals surface area contributed by atoms with Gasteiger partial charge in [0.25, 0.3) is 0 Å². The lowest BCUT2D eigenvalue weighted by atomic mass is 9.46. The summed E-state index contributed by atoms with van der Waals surface area (Å²) in [5, 5.41) is 6.61. The van der Waals surface area contributed by atoms with E-state index in [4.69, 9.17) is 0 Å². The molecule has 0 aliphatic heterocycles. The molecule has 0 saturated heterocycles. The first-order chi connectivity index (χ1) is 11.4. The van der Waals surface area contributed by atoms with Crippen LogP contribution in [-0.4, -0.2) is 23.9 Å². The minimum atomic E-state index is -0.217. The van der Waals surface area contributed by atoms with E-state index in [9.17, 15) is 9.59 Å². The Hall–Kier alpha value is -1.06. The van der Waals surface area contributed by atoms with Gasteiger partial charge in [0.1, 0.15) is 0 Å². The zero-order valence-electron chi connectivity index (χ0n) is 15.2. The molecule has 0 unspecified atom stereocenters. The SMILES string of the molecule is CCC1(CNC(=O)C23C[C@H]4C[C@@H](CC(NC(C)=O)(C4)C2)C3)CCC1. The topological polar surface area (TPSA) is 58.2 Å². The molecule has 4 heteroatoms. The van der Waals surface area contributed by atoms with Crippen molar-refractivity contribution >= 4 is 11.8 Å². The summed E-state index contributed by atoms with van der Waals surface area (Å²) < 4.78 is 0. The predicted octanol–water partition coefficient (Wildman–Crippen LogP) is 3.16. The quantitative estimate of drug-likeness (QED) is 0.812. The van der Waals surface area contributed by atoms with Gasteiger partial charge >= 0.3 is 0 Å². The van der Waals surface area contributed by atoms with Crippen LogP contribution >= 0.6 is 0 Å². The van der Waals surface area contributed by atoms with Gasteiger partial charge in [0.15, 0.2) is 0 Å². The van der Waals surface area contributed by atoms with Crippen LogP contribution in [0.15, 0.2) is 0 Å². The molecular weight excluding hydrogens is 300 g/mol. The summed E-state index contributed by atoms with van der Waals surface area (Å²) in [5.74, 6) is 1.58. The van der Waals surface area contributed by atoms with Gasteiger partial charge in [-0.1, -0.05) is 13.3 Å². The maximum absolute atomic E-state index is 13.2. The van der Waals surface area contributed by atoms with E-state index in [0.717, 1.165) is 38.6 Å². The zero-order valence-corrected chi connectivity index (χ0v) is 15.2. The molecule has 5 aliphatic rings. The monoisotopic (exact) mass is 332 g/mol. The lowest BCUT2D eigenvalue weighted by molar-refractivity contribution is -0.153. The highest BCUT2D eigenvalue weighted by Crippen LogP contribution is 2.61. The van der Waals surface area contributed by atoms with Crippen LogP contribution in [0.5, 0.6) is 0 Å². The van der Waals surface area contributed by atoms with Gasteiger partial charge in [0.2, 0.25) is 11.8 Å². The van der Waals surface area contributed by atoms with E-state index in [1.165, 1.54) is 32.1 Å². The van der Waals surface area contributed by atoms with Crippen LogP contribution in [0.4, 0.5) is 0 Å². The van der Waals surface area contributed by atoms with Crippen LogP contribution in [0.2, 0.25) is 0 Å². The van der Waals surface area contributed by atoms with Crippen molar-refractivity contribution in [2.75, 3.05) is 6.54 Å². The van der Waals surface area contributed by atoms with E-state index in [0.29, 0.717) is 17.3 Å². The number of carbonyl (C=O) groups excluding carboxylic acids is 2. The largest absolute Gasteiger partial charge is 0.355 e. The zero-order chi connectivity index (χ0) is 17.0. The summed E-state index contributed by atoms with van der Waals surface area (Å²) in [7, 11) is 0. The lowest BCUT2D eigenvalue weighted by Crippen LogP contribution is -2.66. The van der Waals surface area contributed by atoms with Crippen LogP contribution in [0.25, 0.3) is 0 Å². The normalized spacial score (nSPS) is 41.6. The average molecular weight is 332 g/mol. The van der Waals surface area contributed by atoms with Crippen molar-refractivity contribution < 1.29 is 9.59 Å². The molecule has 0 aromatic heterocycles. The molecular formula is C20H32N2O2. The van der Waals surface area contributed by atoms with Crippen molar-refractivity contribution in [2.45, 2.75) is 83.6 Å². The number of amides is 2. The molecule has 0 aromatic carbocycles. The first-order valence-electron chi connectivity index (χ1n) is 9.95. The van der Waals surface area contributed by atoms with Crippen molar-refractivity contribution in [2.24, 2.45) is 22.7 Å². The summed E-state index contributed by atoms with van der Waals surface area (Å²) in [5.41, 5.74) is 0.0463. The molecule has 24 heavy (non-hydrogen) atoms. The third-order valence-electron chi connectivity index (χ3n) is 7.77. The molecule has 0 radical (unpaired) electrons. The Morgan fingerprint density at radius 3 is 2.25 bits per heavy atom. The molecule has 5 rings (SSSR count). The molecule has 4 bridgehead atoms. The van der Waals surface area contributed by atoms with Gasteiger partial charge in [-0.2, -0.15) is 0 Å². The van der Waals surface area contributed by atoms with Crippen molar-refractivity contribution in [3.8, 4) is 0 Å². The van der Waals surface area contributed by atoms with Gasteiger partial charge in [-0.25, -0.2) is 0 Å². The second-order valence-electron chi connectivity index (χ2n) is 9.59. The first kappa shape index (κ1) is 16.4. The molecule has 5 fully saturated rings. The molecule has 0 heterocycles. The van der Waals surface area contributed by atoms with Crippen LogP contribution in [0.3, 0.4) is 0 Å². The van der Waals surface area contributed by atoms with Crippen molar-refractivity contribution in [1.82, 2.24) is 10.6 Å². The first-order valence-corrected chi connectivity index (χ1v) is 9.95. The number of nitrogens with one attached hydrogen (secondary N) is 2. The highest BCUT2D eigenvalue weighted by atomic mass is 16.2. The number of rotatable bonds is 5. The van der Waals surface area contributed by atoms with E-state index in [2.05, 4.69) is 17.6 Å². The van der Waals surface area contributed by atoms with E-state index < -0.39 is 0 Å². The van der Waals surface area contributed by atoms with Crippen LogP contribution in [0.1, 0.15) is 78.1 Å². The fraction of sp³-hybridized carbons (Fsp3) is 0.900. The second-order valence-corrected chi connectivity index (χ2v) is 9.59. The Bertz CT molecular complexity index is 532. The third kappa shape index (κ3) is 2.57. The van der Waals surface area contributed by atoms with E-state index >= 15 is 0 Å². The summed E-state index contributed by atoms with van der Waals surface area (Å²) in [6.45, 7) is 4.72. The summed E-state index contributed by atoms with van der Waals surface area (Å²) in [4.78, 5) is 24.9. The van der Waals surface area contributed by atoms with Crippen LogP contribution < -0.4 is 10.6 Å². The molecule has 134 valence electrons. The van der Waals surface area contributed by atoms with Crippen LogP contribution in [0, 0.1) is 22.7 Å². The molecule has 0 aromatic rings. The highest BCUT2D eigenvalue weighted by molar-refractivity contribution is 5.84. The fourth-order valence-corrected chi connectivity index (χ4v) is 6.84. The number of hydrogen-bond acceptors (Lipinski definition) is 2. The van der Waals surface area contributed by atoms with Crippen molar-refractivity contribution in [3.05, 3.63) is 0 Å². The standard InChI is InChI=1S/C20H32N2O2/c1-3-18(5-4-6-18)13-21-17(24)19-8-15-7-16(9-19)11-20(10-15,12-19)22-14(2)23/h15-16H,3-13H2,1-2H3,(H,21,24)(H,22,23)/t15-,16-,19?,20?/m1/s1. The predicted molar refractivity (Wildman–Crippen MR) is 93.2 cm³/mol. The second kappa shape index (κ2) is 5.47. The number of carbonyl (C=O) groups is 2. The molecule has 5 aliphatic carbocycles. The molecule has 0 spiro atoms. The molecule has 2 amide bonds. The fourth-order valence-electron chi connectivity index (χ4n) is 6.84. The van der Waals surface area contributed by atoms with Gasteiger partial charge in [0.05, 0.1) is 5.41 Å². The van der Waals surface area contributed by atoms with Gasteiger partial charge in [-0.3, -0.25) is 9.59 Å². The summed E-state index contributed by atoms with van der Waals surface area (Å²) >= 11 is 0. The number of hydrogen-bond donors (Lipinski definition) is 2. The highest BCUT2D eigenvalue weighted by Gasteiger charge is 2.61. The Balaban J connectivity index is 1.49. The molecule has 4 nitrogen and oxygen atoms in total. The maximum atomic E-state index is 13.2. The lowest BCUT2D eigenvalue weighted by Gasteiger charge is -2.61. The minimum absolute atomic E-state index is 0.0620. The molecule has 2 atom stereocenters. The smallest absolute Gasteiger partial charge is 0.226 e. The Morgan fingerprint density at radius 1 is 1.08 bits per heavy atom. The Kier molecular flexibility index (Phi) is 3.74. The van der Waals surface area contributed by atoms with E-state index in [1.54, 1.807) is 6.92 Å². The minimum Gasteiger partial charge on any atom is -0.355 e. The maximum Gasteiger partial charge on any atom is 0.226 e. The summed E-state index contributed by atoms with van der Waals surface area (Å²) in [6, 6.07) is 0. The summed E-state index contributed by atoms with van der Waals surface area (Å²) in [6.07, 6.45) is 11.4. The molecule has 2 N–H and O–H groups in total. The van der Waals surface area contributed by atoms with E-state index in [1.807, 2.05) is 0 Å². The van der Waals surface area contributed by atoms with Crippen LogP contribution in [-0.2, 0) is 9.59 Å². The average Bonchev–Trinajstić information content (AvgIpc) is 2.43. The molecule has 5 saturated carbocycles. The van der Waals surface area contributed by atoms with Gasteiger partial charge in [-0.15, -0.1) is 0 Å². The third-order valence-corrected chi connectivity index (χ3v) is 7.77. The van der Waals surface area contributed by atoms with Gasteiger partial charge in [0, 0.05) is 19.0 Å². The van der Waals surface area contributed by atoms with E-state index in [-0.39, 0.29) is 22.8 Å². The van der Waals surface area contributed by atoms with Gasteiger partial charge in [-0.05, 0) is 75.0 Å². The Labute approximate surface area is 145 Å². The van der Waals surface area contributed by atoms with Crippen molar-refractivity contribution in [1.29, 1.82) is 0 Å².